The Morgan fingerprint density at radius 1 is 1.45 bits per heavy atom. The Morgan fingerprint density at radius 2 is 2.15 bits per heavy atom. The number of nitrogens with zero attached hydrogens (tertiary/aromatic N) is 2. The van der Waals surface area contributed by atoms with Crippen LogP contribution < -0.4 is 0 Å². The first-order chi connectivity index (χ1) is 9.30. The Hall–Kier alpha value is -1.64. The molecular weight excluding hydrogens is 297 g/mol. The minimum absolute atomic E-state index is 0.0661. The van der Waals surface area contributed by atoms with E-state index in [1.165, 1.54) is 0 Å². The van der Waals surface area contributed by atoms with Gasteiger partial charge in [-0.1, -0.05) is 0 Å². The van der Waals surface area contributed by atoms with Crippen LogP contribution in [0.5, 0.6) is 0 Å². The maximum atomic E-state index is 12.7. The minimum Gasteiger partial charge on any atom is -0.481 e. The molecular formula is C11H11F3N2O3S. The normalized spacial score (nSPS) is 19.9. The average molecular weight is 308 g/mol. The largest absolute Gasteiger partial charge is 0.481 e. The maximum absolute atomic E-state index is 12.7. The monoisotopic (exact) mass is 308 g/mol. The summed E-state index contributed by atoms with van der Waals surface area (Å²) in [5.41, 5.74) is -0.237. The number of alkyl halides is 3. The zero-order chi connectivity index (χ0) is 14.9. The van der Waals surface area contributed by atoms with Gasteiger partial charge in [0.1, 0.15) is 4.88 Å². The van der Waals surface area contributed by atoms with E-state index in [1.54, 1.807) is 0 Å². The Labute approximate surface area is 116 Å². The summed E-state index contributed by atoms with van der Waals surface area (Å²) in [6.07, 6.45) is -3.80. The molecule has 1 unspecified atom stereocenters. The molecule has 5 nitrogen and oxygen atoms in total. The van der Waals surface area contributed by atoms with E-state index in [1.807, 2.05) is 0 Å². The predicted molar refractivity (Wildman–Crippen MR) is 63.4 cm³/mol. The third-order valence-corrected chi connectivity index (χ3v) is 3.90. The highest BCUT2D eigenvalue weighted by Gasteiger charge is 2.40. The summed E-state index contributed by atoms with van der Waals surface area (Å²) < 4.78 is 38.1. The molecule has 1 aliphatic rings. The number of likely N-dealkylation sites (tertiary alicyclic amines) is 1. The number of carboxylic acid groups (broad SMARTS) is 1. The molecule has 9 heteroatoms. The van der Waals surface area contributed by atoms with Crippen LogP contribution >= 0.6 is 11.3 Å². The molecule has 110 valence electrons. The summed E-state index contributed by atoms with van der Waals surface area (Å²) in [4.78, 5) is 26.9. The summed E-state index contributed by atoms with van der Waals surface area (Å²) in [5.74, 6) is -2.57. The zero-order valence-corrected chi connectivity index (χ0v) is 11.0. The number of aliphatic carboxylic acids is 1. The van der Waals surface area contributed by atoms with E-state index >= 15 is 0 Å². The molecule has 0 saturated carbocycles. The molecule has 1 saturated heterocycles. The van der Waals surface area contributed by atoms with E-state index in [-0.39, 0.29) is 13.1 Å². The van der Waals surface area contributed by atoms with Crippen molar-refractivity contribution in [2.75, 3.05) is 13.1 Å². The van der Waals surface area contributed by atoms with E-state index in [2.05, 4.69) is 4.98 Å². The third-order valence-electron chi connectivity index (χ3n) is 3.09. The SMILES string of the molecule is O=C(O)C1CCCN(C(=O)c2scnc2C(F)(F)F)C1. The Bertz CT molecular complexity index is 529. The van der Waals surface area contributed by atoms with Gasteiger partial charge in [0.05, 0.1) is 11.4 Å². The zero-order valence-electron chi connectivity index (χ0n) is 10.2. The number of amides is 1. The van der Waals surface area contributed by atoms with Crippen LogP contribution in [0.4, 0.5) is 13.2 Å². The van der Waals surface area contributed by atoms with Gasteiger partial charge in [-0.25, -0.2) is 4.98 Å². The second-order valence-corrected chi connectivity index (χ2v) is 5.31. The van der Waals surface area contributed by atoms with Crippen molar-refractivity contribution in [1.29, 1.82) is 0 Å². The molecule has 1 amide bonds. The van der Waals surface area contributed by atoms with Crippen LogP contribution in [0.3, 0.4) is 0 Å². The standard InChI is InChI=1S/C11H11F3N2O3S/c12-11(13,14)8-7(20-5-15-8)9(17)16-3-1-2-6(4-16)10(18)19/h5-6H,1-4H2,(H,18,19). The molecule has 1 N–H and O–H groups in total. The maximum Gasteiger partial charge on any atom is 0.434 e. The fraction of sp³-hybridized carbons (Fsp3) is 0.545. The lowest BCUT2D eigenvalue weighted by atomic mass is 9.98. The van der Waals surface area contributed by atoms with Crippen molar-refractivity contribution in [1.82, 2.24) is 9.88 Å². The molecule has 2 rings (SSSR count). The molecule has 0 bridgehead atoms. The van der Waals surface area contributed by atoms with Crippen molar-refractivity contribution in [2.24, 2.45) is 5.92 Å². The van der Waals surface area contributed by atoms with Crippen LogP contribution in [0.1, 0.15) is 28.2 Å². The van der Waals surface area contributed by atoms with Gasteiger partial charge in [0.15, 0.2) is 5.69 Å². The van der Waals surface area contributed by atoms with Gasteiger partial charge in [-0.05, 0) is 12.8 Å². The molecule has 0 radical (unpaired) electrons. The van der Waals surface area contributed by atoms with Crippen molar-refractivity contribution in [3.05, 3.63) is 16.1 Å². The van der Waals surface area contributed by atoms with Gasteiger partial charge in [0, 0.05) is 13.1 Å². The van der Waals surface area contributed by atoms with E-state index in [0.29, 0.717) is 24.2 Å². The third kappa shape index (κ3) is 2.92. The number of hydrogen-bond acceptors (Lipinski definition) is 4. The van der Waals surface area contributed by atoms with E-state index in [0.717, 1.165) is 10.4 Å². The van der Waals surface area contributed by atoms with Crippen LogP contribution in [0.2, 0.25) is 0 Å². The summed E-state index contributed by atoms with van der Waals surface area (Å²) in [6.45, 7) is 0.196. The van der Waals surface area contributed by atoms with Crippen LogP contribution in [0, 0.1) is 5.92 Å². The van der Waals surface area contributed by atoms with Gasteiger partial charge in [-0.15, -0.1) is 11.3 Å². The molecule has 0 aliphatic carbocycles. The minimum atomic E-state index is -4.69. The van der Waals surface area contributed by atoms with Crippen LogP contribution in [0.25, 0.3) is 0 Å². The van der Waals surface area contributed by atoms with Crippen molar-refractivity contribution in [3.8, 4) is 0 Å². The van der Waals surface area contributed by atoms with Crippen molar-refractivity contribution >= 4 is 23.2 Å². The lowest BCUT2D eigenvalue weighted by molar-refractivity contribution is -0.143. The summed E-state index contributed by atoms with van der Waals surface area (Å²) in [5, 5.41) is 8.92. The number of rotatable bonds is 2. The van der Waals surface area contributed by atoms with Gasteiger partial charge in [0.2, 0.25) is 0 Å². The van der Waals surface area contributed by atoms with Gasteiger partial charge in [-0.2, -0.15) is 13.2 Å². The number of aromatic nitrogens is 1. The summed E-state index contributed by atoms with van der Waals surface area (Å²) in [6, 6.07) is 0. The topological polar surface area (TPSA) is 70.5 Å². The van der Waals surface area contributed by atoms with Crippen molar-refractivity contribution in [2.45, 2.75) is 19.0 Å². The second-order valence-electron chi connectivity index (χ2n) is 4.46. The first-order valence-electron chi connectivity index (χ1n) is 5.83. The van der Waals surface area contributed by atoms with Crippen LogP contribution in [-0.2, 0) is 11.0 Å². The highest BCUT2D eigenvalue weighted by molar-refractivity contribution is 7.11. The van der Waals surface area contributed by atoms with E-state index < -0.39 is 34.5 Å². The molecule has 1 aromatic heterocycles. The predicted octanol–water partition coefficient (Wildman–Crippen LogP) is 2.10. The lowest BCUT2D eigenvalue weighted by Gasteiger charge is -2.30. The smallest absolute Gasteiger partial charge is 0.434 e. The number of carbonyl (C=O) groups is 2. The number of thiazole rings is 1. The molecule has 0 aromatic carbocycles. The van der Waals surface area contributed by atoms with E-state index in [9.17, 15) is 22.8 Å². The van der Waals surface area contributed by atoms with Gasteiger partial charge in [-0.3, -0.25) is 9.59 Å². The highest BCUT2D eigenvalue weighted by atomic mass is 32.1. The number of piperidine rings is 1. The molecule has 1 aromatic rings. The molecule has 0 spiro atoms. The van der Waals surface area contributed by atoms with Gasteiger partial charge >= 0.3 is 12.1 Å². The van der Waals surface area contributed by atoms with Crippen molar-refractivity contribution < 1.29 is 27.9 Å². The van der Waals surface area contributed by atoms with Gasteiger partial charge in [0.25, 0.3) is 5.91 Å². The fourth-order valence-corrected chi connectivity index (χ4v) is 2.88. The molecule has 1 aliphatic heterocycles. The van der Waals surface area contributed by atoms with Crippen molar-refractivity contribution in [3.63, 3.8) is 0 Å². The highest BCUT2D eigenvalue weighted by Crippen LogP contribution is 2.33. The Balaban J connectivity index is 2.20. The molecule has 1 fully saturated rings. The average Bonchev–Trinajstić information content (AvgIpc) is 2.87. The number of carboxylic acids is 1. The van der Waals surface area contributed by atoms with Crippen LogP contribution in [0.15, 0.2) is 5.51 Å². The lowest BCUT2D eigenvalue weighted by Crippen LogP contribution is -2.42. The first-order valence-corrected chi connectivity index (χ1v) is 6.71. The Morgan fingerprint density at radius 3 is 2.75 bits per heavy atom. The number of carbonyl (C=O) groups excluding carboxylic acids is 1. The summed E-state index contributed by atoms with van der Waals surface area (Å²) in [7, 11) is 0. The summed E-state index contributed by atoms with van der Waals surface area (Å²) >= 11 is 0.618. The molecule has 2 heterocycles. The second kappa shape index (κ2) is 5.39. The van der Waals surface area contributed by atoms with Gasteiger partial charge < -0.3 is 10.0 Å². The van der Waals surface area contributed by atoms with E-state index in [4.69, 9.17) is 5.11 Å². The number of hydrogen-bond donors (Lipinski definition) is 1. The Kier molecular flexibility index (Phi) is 3.98. The quantitative estimate of drug-likeness (QED) is 0.908. The molecule has 20 heavy (non-hydrogen) atoms. The molecule has 1 atom stereocenters. The van der Waals surface area contributed by atoms with Crippen LogP contribution in [-0.4, -0.2) is 40.0 Å². The fourth-order valence-electron chi connectivity index (χ4n) is 2.11. The number of halogens is 3. The first kappa shape index (κ1) is 14.8.